The minimum atomic E-state index is -4.41. The minimum Gasteiger partial charge on any atom is -0.468 e. The second kappa shape index (κ2) is 6.98. The molecular formula is C15H19F3N2O2. The van der Waals surface area contributed by atoms with Crippen LogP contribution in [0.2, 0.25) is 0 Å². The first-order valence-corrected chi connectivity index (χ1v) is 7.29. The van der Waals surface area contributed by atoms with E-state index in [1.54, 1.807) is 11.9 Å². The van der Waals surface area contributed by atoms with Gasteiger partial charge in [0.25, 0.3) is 5.91 Å². The Kier molecular flexibility index (Phi) is 5.26. The third-order valence-corrected chi connectivity index (χ3v) is 3.81. The van der Waals surface area contributed by atoms with E-state index >= 15 is 0 Å². The topological polar surface area (TPSA) is 42.4 Å². The molecule has 2 rings (SSSR count). The van der Waals surface area contributed by atoms with Crippen LogP contribution in [-0.4, -0.2) is 41.7 Å². The summed E-state index contributed by atoms with van der Waals surface area (Å²) in [6.07, 6.45) is 2.26. The van der Waals surface area contributed by atoms with E-state index in [9.17, 15) is 18.0 Å². The van der Waals surface area contributed by atoms with Gasteiger partial charge in [0.2, 0.25) is 5.88 Å². The third kappa shape index (κ3) is 4.61. The number of amides is 1. The van der Waals surface area contributed by atoms with Crippen molar-refractivity contribution in [2.24, 2.45) is 0 Å². The van der Waals surface area contributed by atoms with Gasteiger partial charge in [-0.2, -0.15) is 13.2 Å². The molecule has 0 bridgehead atoms. The van der Waals surface area contributed by atoms with Crippen molar-refractivity contribution in [1.29, 1.82) is 0 Å². The molecule has 0 saturated heterocycles. The summed E-state index contributed by atoms with van der Waals surface area (Å²) in [6, 6.07) is 2.95. The van der Waals surface area contributed by atoms with Crippen LogP contribution in [0.5, 0.6) is 5.88 Å². The lowest BCUT2D eigenvalue weighted by molar-refractivity contribution is -0.154. The van der Waals surface area contributed by atoms with Gasteiger partial charge >= 0.3 is 6.18 Å². The van der Waals surface area contributed by atoms with Crippen LogP contribution in [0.4, 0.5) is 13.2 Å². The average molecular weight is 316 g/mol. The second-order valence-corrected chi connectivity index (χ2v) is 5.50. The van der Waals surface area contributed by atoms with E-state index in [0.29, 0.717) is 5.56 Å². The Morgan fingerprint density at radius 1 is 1.32 bits per heavy atom. The Labute approximate surface area is 127 Å². The lowest BCUT2D eigenvalue weighted by atomic mass is 9.94. The maximum Gasteiger partial charge on any atom is 0.422 e. The molecule has 1 aromatic heterocycles. The molecule has 1 aliphatic rings. The first-order chi connectivity index (χ1) is 10.4. The van der Waals surface area contributed by atoms with Crippen molar-refractivity contribution in [2.75, 3.05) is 13.7 Å². The van der Waals surface area contributed by atoms with Crippen molar-refractivity contribution >= 4 is 5.91 Å². The van der Waals surface area contributed by atoms with Gasteiger partial charge in [0.1, 0.15) is 0 Å². The number of aromatic nitrogens is 1. The Morgan fingerprint density at radius 3 is 2.55 bits per heavy atom. The maximum atomic E-state index is 12.3. The number of alkyl halides is 3. The summed E-state index contributed by atoms with van der Waals surface area (Å²) in [5.74, 6) is -0.309. The highest BCUT2D eigenvalue weighted by atomic mass is 19.4. The molecule has 0 aromatic carbocycles. The van der Waals surface area contributed by atoms with E-state index in [1.165, 1.54) is 24.8 Å². The number of carbonyl (C=O) groups is 1. The fourth-order valence-corrected chi connectivity index (χ4v) is 2.59. The Bertz CT molecular complexity index is 497. The lowest BCUT2D eigenvalue weighted by Gasteiger charge is -2.31. The normalized spacial score (nSPS) is 16.4. The number of hydrogen-bond donors (Lipinski definition) is 0. The van der Waals surface area contributed by atoms with Gasteiger partial charge in [-0.1, -0.05) is 19.3 Å². The number of carbonyl (C=O) groups excluding carboxylic acids is 1. The number of ether oxygens (including phenoxy) is 1. The van der Waals surface area contributed by atoms with Crippen molar-refractivity contribution in [3.8, 4) is 5.88 Å². The van der Waals surface area contributed by atoms with Crippen LogP contribution in [0.25, 0.3) is 0 Å². The Hall–Kier alpha value is -1.79. The second-order valence-electron chi connectivity index (χ2n) is 5.50. The largest absolute Gasteiger partial charge is 0.468 e. The number of pyridine rings is 1. The average Bonchev–Trinajstić information content (AvgIpc) is 2.52. The monoisotopic (exact) mass is 316 g/mol. The highest BCUT2D eigenvalue weighted by Gasteiger charge is 2.29. The van der Waals surface area contributed by atoms with E-state index in [4.69, 9.17) is 0 Å². The van der Waals surface area contributed by atoms with Crippen LogP contribution in [0.3, 0.4) is 0 Å². The zero-order chi connectivity index (χ0) is 16.2. The van der Waals surface area contributed by atoms with E-state index < -0.39 is 12.8 Å². The minimum absolute atomic E-state index is 0.144. The molecule has 0 unspecified atom stereocenters. The molecule has 0 N–H and O–H groups in total. The fourth-order valence-electron chi connectivity index (χ4n) is 2.59. The van der Waals surface area contributed by atoms with Gasteiger partial charge in [-0.3, -0.25) is 4.79 Å². The van der Waals surface area contributed by atoms with Crippen molar-refractivity contribution in [3.63, 3.8) is 0 Å². The Balaban J connectivity index is 1.95. The molecule has 7 heteroatoms. The number of halogens is 3. The van der Waals surface area contributed by atoms with Crippen LogP contribution >= 0.6 is 0 Å². The summed E-state index contributed by atoms with van der Waals surface area (Å²) in [4.78, 5) is 17.8. The molecule has 0 spiro atoms. The van der Waals surface area contributed by atoms with Gasteiger partial charge in [0.05, 0.1) is 5.56 Å². The van der Waals surface area contributed by atoms with Crippen LogP contribution < -0.4 is 4.74 Å². The summed E-state index contributed by atoms with van der Waals surface area (Å²) in [6.45, 7) is -1.39. The molecular weight excluding hydrogens is 297 g/mol. The number of hydrogen-bond acceptors (Lipinski definition) is 3. The van der Waals surface area contributed by atoms with Crippen LogP contribution in [0.15, 0.2) is 18.3 Å². The molecule has 1 aliphatic carbocycles. The highest BCUT2D eigenvalue weighted by Crippen LogP contribution is 2.23. The van der Waals surface area contributed by atoms with Gasteiger partial charge in [0.15, 0.2) is 6.61 Å². The van der Waals surface area contributed by atoms with Gasteiger partial charge in [0, 0.05) is 25.4 Å². The first-order valence-electron chi connectivity index (χ1n) is 7.29. The molecule has 0 radical (unpaired) electrons. The summed E-state index contributed by atoms with van der Waals surface area (Å²) in [5.41, 5.74) is 0.354. The molecule has 1 amide bonds. The van der Waals surface area contributed by atoms with Crippen molar-refractivity contribution in [1.82, 2.24) is 9.88 Å². The smallest absolute Gasteiger partial charge is 0.422 e. The zero-order valence-corrected chi connectivity index (χ0v) is 12.4. The molecule has 1 heterocycles. The molecule has 4 nitrogen and oxygen atoms in total. The van der Waals surface area contributed by atoms with Crippen molar-refractivity contribution in [3.05, 3.63) is 23.9 Å². The molecule has 0 aliphatic heterocycles. The van der Waals surface area contributed by atoms with Crippen LogP contribution in [0, 0.1) is 0 Å². The van der Waals surface area contributed by atoms with E-state index in [0.717, 1.165) is 25.7 Å². The van der Waals surface area contributed by atoms with Crippen molar-refractivity contribution in [2.45, 2.75) is 44.3 Å². The third-order valence-electron chi connectivity index (χ3n) is 3.81. The maximum absolute atomic E-state index is 12.3. The summed E-state index contributed by atoms with van der Waals surface area (Å²) < 4.78 is 40.7. The van der Waals surface area contributed by atoms with E-state index in [1.807, 2.05) is 0 Å². The standard InChI is InChI=1S/C15H19F3N2O2/c1-20(12-5-3-2-4-6-12)14(21)11-7-8-13(19-9-11)22-10-15(16,17)18/h7-9,12H,2-6,10H2,1H3. The van der Waals surface area contributed by atoms with Crippen molar-refractivity contribution < 1.29 is 22.7 Å². The predicted molar refractivity (Wildman–Crippen MR) is 74.8 cm³/mol. The molecule has 1 saturated carbocycles. The molecule has 0 atom stereocenters. The van der Waals surface area contributed by atoms with Crippen LogP contribution in [-0.2, 0) is 0 Å². The quantitative estimate of drug-likeness (QED) is 0.854. The number of nitrogens with zero attached hydrogens (tertiary/aromatic N) is 2. The lowest BCUT2D eigenvalue weighted by Crippen LogP contribution is -2.38. The molecule has 1 fully saturated rings. The van der Waals surface area contributed by atoms with Gasteiger partial charge in [-0.25, -0.2) is 4.98 Å². The predicted octanol–water partition coefficient (Wildman–Crippen LogP) is 3.43. The summed E-state index contributed by atoms with van der Waals surface area (Å²) in [7, 11) is 1.76. The van der Waals surface area contributed by atoms with E-state index in [2.05, 4.69) is 9.72 Å². The summed E-state index contributed by atoms with van der Waals surface area (Å²) in [5, 5.41) is 0. The molecule has 22 heavy (non-hydrogen) atoms. The summed E-state index contributed by atoms with van der Waals surface area (Å²) >= 11 is 0. The molecule has 1 aromatic rings. The Morgan fingerprint density at radius 2 is 2.00 bits per heavy atom. The van der Waals surface area contributed by atoms with Crippen LogP contribution in [0.1, 0.15) is 42.5 Å². The fraction of sp³-hybridized carbons (Fsp3) is 0.600. The zero-order valence-electron chi connectivity index (χ0n) is 12.4. The first kappa shape index (κ1) is 16.6. The van der Waals surface area contributed by atoms with Gasteiger partial charge in [-0.15, -0.1) is 0 Å². The van der Waals surface area contributed by atoms with Gasteiger partial charge < -0.3 is 9.64 Å². The SMILES string of the molecule is CN(C(=O)c1ccc(OCC(F)(F)F)nc1)C1CCCCC1. The highest BCUT2D eigenvalue weighted by molar-refractivity contribution is 5.94. The van der Waals surface area contributed by atoms with E-state index in [-0.39, 0.29) is 17.8 Å². The number of rotatable bonds is 4. The molecule has 122 valence electrons. The van der Waals surface area contributed by atoms with Gasteiger partial charge in [-0.05, 0) is 18.9 Å².